The molecule has 134 valence electrons. The van der Waals surface area contributed by atoms with E-state index in [4.69, 9.17) is 4.74 Å². The molecule has 0 bridgehead atoms. The quantitative estimate of drug-likeness (QED) is 0.583. The number of fused-ring (bicyclic) bond motifs is 1. The van der Waals surface area contributed by atoms with Gasteiger partial charge in [0.05, 0.1) is 10.2 Å². The Morgan fingerprint density at radius 1 is 1.19 bits per heavy atom. The van der Waals surface area contributed by atoms with Gasteiger partial charge in [-0.2, -0.15) is 0 Å². The molecule has 4 nitrogen and oxygen atoms in total. The lowest BCUT2D eigenvalue weighted by Crippen LogP contribution is -2.41. The van der Waals surface area contributed by atoms with Gasteiger partial charge in [-0.25, -0.2) is 4.98 Å². The molecule has 1 fully saturated rings. The molecule has 2 aromatic carbocycles. The van der Waals surface area contributed by atoms with E-state index in [2.05, 4.69) is 40.0 Å². The molecule has 0 aliphatic carbocycles. The number of halogens is 1. The van der Waals surface area contributed by atoms with Gasteiger partial charge in [-0.15, -0.1) is 0 Å². The fourth-order valence-electron chi connectivity index (χ4n) is 3.21. The highest BCUT2D eigenvalue weighted by Gasteiger charge is 2.25. The molecule has 1 aliphatic rings. The summed E-state index contributed by atoms with van der Waals surface area (Å²) < 4.78 is 8.24. The number of para-hydroxylation sites is 1. The van der Waals surface area contributed by atoms with Crippen LogP contribution >= 0.6 is 27.3 Å². The topological polar surface area (TPSA) is 42.4 Å². The van der Waals surface area contributed by atoms with Crippen molar-refractivity contribution >= 4 is 43.4 Å². The van der Waals surface area contributed by atoms with Gasteiger partial charge in [0.15, 0.2) is 0 Å². The summed E-state index contributed by atoms with van der Waals surface area (Å²) in [5, 5.41) is 0.729. The molecule has 0 atom stereocenters. The fraction of sp³-hybridized carbons (Fsp3) is 0.300. The van der Waals surface area contributed by atoms with E-state index in [1.807, 2.05) is 35.2 Å². The second-order valence-corrected chi connectivity index (χ2v) is 8.43. The normalized spacial score (nSPS) is 15.4. The summed E-state index contributed by atoms with van der Waals surface area (Å²) in [4.78, 5) is 19.1. The van der Waals surface area contributed by atoms with Crippen LogP contribution in [0.3, 0.4) is 0 Å². The molecule has 0 spiro atoms. The smallest absolute Gasteiger partial charge is 0.274 e. The lowest BCUT2D eigenvalue weighted by atomic mass is 10.1. The number of thiazole rings is 1. The van der Waals surface area contributed by atoms with Crippen molar-refractivity contribution < 1.29 is 9.53 Å². The van der Waals surface area contributed by atoms with E-state index in [-0.39, 0.29) is 12.0 Å². The van der Waals surface area contributed by atoms with Gasteiger partial charge >= 0.3 is 0 Å². The standard InChI is InChI=1S/C20H19BrN2O2S/c1-13-3-2-4-17-18(13)22-20(26-17)25-16-9-11-23(12-10-16)19(24)14-5-7-15(21)8-6-14/h2-8,16H,9-12H2,1H3. The number of aromatic nitrogens is 1. The average Bonchev–Trinajstić information content (AvgIpc) is 3.06. The fourth-order valence-corrected chi connectivity index (χ4v) is 4.43. The van der Waals surface area contributed by atoms with E-state index in [0.717, 1.165) is 38.3 Å². The maximum atomic E-state index is 12.6. The maximum Gasteiger partial charge on any atom is 0.274 e. The maximum absolute atomic E-state index is 12.6. The number of amides is 1. The zero-order chi connectivity index (χ0) is 18.1. The Bertz CT molecular complexity index is 931. The third-order valence-corrected chi connectivity index (χ3v) is 6.13. The van der Waals surface area contributed by atoms with Gasteiger partial charge in [0.1, 0.15) is 6.10 Å². The van der Waals surface area contributed by atoms with Gasteiger partial charge in [0, 0.05) is 36.0 Å². The Kier molecular flexibility index (Phi) is 4.96. The van der Waals surface area contributed by atoms with Crippen molar-refractivity contribution in [1.29, 1.82) is 0 Å². The lowest BCUT2D eigenvalue weighted by Gasteiger charge is -2.31. The Hall–Kier alpha value is -1.92. The zero-order valence-electron chi connectivity index (χ0n) is 14.4. The van der Waals surface area contributed by atoms with Crippen LogP contribution in [0.2, 0.25) is 0 Å². The number of nitrogens with zero attached hydrogens (tertiary/aromatic N) is 2. The van der Waals surface area contributed by atoms with Crippen LogP contribution in [0.1, 0.15) is 28.8 Å². The number of carbonyl (C=O) groups is 1. The van der Waals surface area contributed by atoms with Crippen LogP contribution in [-0.2, 0) is 0 Å². The highest BCUT2D eigenvalue weighted by Crippen LogP contribution is 2.31. The van der Waals surface area contributed by atoms with Crippen molar-refractivity contribution in [1.82, 2.24) is 9.88 Å². The molecule has 3 aromatic rings. The number of rotatable bonds is 3. The minimum absolute atomic E-state index is 0.0894. The molecular weight excluding hydrogens is 412 g/mol. The van der Waals surface area contributed by atoms with Gasteiger partial charge in [-0.1, -0.05) is 39.4 Å². The third-order valence-electron chi connectivity index (χ3n) is 4.69. The SMILES string of the molecule is Cc1cccc2sc(OC3CCN(C(=O)c4ccc(Br)cc4)CC3)nc12. The van der Waals surface area contributed by atoms with Crippen molar-refractivity contribution in [2.75, 3.05) is 13.1 Å². The number of likely N-dealkylation sites (tertiary alicyclic amines) is 1. The van der Waals surface area contributed by atoms with Crippen LogP contribution in [0.5, 0.6) is 5.19 Å². The van der Waals surface area contributed by atoms with Crippen LogP contribution in [0, 0.1) is 6.92 Å². The molecule has 4 rings (SSSR count). The number of piperidine rings is 1. The zero-order valence-corrected chi connectivity index (χ0v) is 16.8. The minimum atomic E-state index is 0.0894. The van der Waals surface area contributed by atoms with Crippen molar-refractivity contribution in [3.8, 4) is 5.19 Å². The molecule has 0 unspecified atom stereocenters. The van der Waals surface area contributed by atoms with Gasteiger partial charge in [-0.3, -0.25) is 4.79 Å². The van der Waals surface area contributed by atoms with Crippen LogP contribution in [0.4, 0.5) is 0 Å². The average molecular weight is 431 g/mol. The number of benzene rings is 2. The van der Waals surface area contributed by atoms with Gasteiger partial charge in [0.2, 0.25) is 0 Å². The Labute approximate surface area is 164 Å². The molecule has 1 aromatic heterocycles. The summed E-state index contributed by atoms with van der Waals surface area (Å²) >= 11 is 4.99. The monoisotopic (exact) mass is 430 g/mol. The summed E-state index contributed by atoms with van der Waals surface area (Å²) in [6.45, 7) is 3.49. The van der Waals surface area contributed by atoms with E-state index in [0.29, 0.717) is 13.1 Å². The number of carbonyl (C=O) groups excluding carboxylic acids is 1. The number of aryl methyl sites for hydroxylation is 1. The van der Waals surface area contributed by atoms with E-state index >= 15 is 0 Å². The molecule has 0 saturated carbocycles. The third kappa shape index (κ3) is 3.62. The molecule has 2 heterocycles. The summed E-state index contributed by atoms with van der Waals surface area (Å²) in [7, 11) is 0. The second kappa shape index (κ2) is 7.37. The van der Waals surface area contributed by atoms with Crippen LogP contribution in [0.15, 0.2) is 46.9 Å². The van der Waals surface area contributed by atoms with Gasteiger partial charge in [-0.05, 0) is 42.8 Å². The first-order valence-corrected chi connectivity index (χ1v) is 10.3. The first-order valence-electron chi connectivity index (χ1n) is 8.68. The van der Waals surface area contributed by atoms with Crippen LogP contribution in [0.25, 0.3) is 10.2 Å². The molecule has 26 heavy (non-hydrogen) atoms. The molecular formula is C20H19BrN2O2S. The van der Waals surface area contributed by atoms with E-state index in [9.17, 15) is 4.79 Å². The Morgan fingerprint density at radius 3 is 2.62 bits per heavy atom. The van der Waals surface area contributed by atoms with Gasteiger partial charge in [0.25, 0.3) is 11.1 Å². The summed E-state index contributed by atoms with van der Waals surface area (Å²) in [5.41, 5.74) is 2.92. The minimum Gasteiger partial charge on any atom is -0.467 e. The van der Waals surface area contributed by atoms with E-state index < -0.39 is 0 Å². The van der Waals surface area contributed by atoms with Gasteiger partial charge < -0.3 is 9.64 Å². The first kappa shape index (κ1) is 17.5. The predicted octanol–water partition coefficient (Wildman–Crippen LogP) is 5.05. The van der Waals surface area contributed by atoms with E-state index in [1.165, 1.54) is 5.56 Å². The Balaban J connectivity index is 1.37. The second-order valence-electron chi connectivity index (χ2n) is 6.52. The highest BCUT2D eigenvalue weighted by molar-refractivity contribution is 9.10. The summed E-state index contributed by atoms with van der Waals surface area (Å²) in [5.74, 6) is 0.0894. The Morgan fingerprint density at radius 2 is 1.92 bits per heavy atom. The molecule has 6 heteroatoms. The summed E-state index contributed by atoms with van der Waals surface area (Å²) in [6.07, 6.45) is 1.78. The van der Waals surface area contributed by atoms with Crippen LogP contribution in [-0.4, -0.2) is 35.0 Å². The number of ether oxygens (including phenoxy) is 1. The molecule has 1 amide bonds. The predicted molar refractivity (Wildman–Crippen MR) is 108 cm³/mol. The molecule has 1 saturated heterocycles. The summed E-state index contributed by atoms with van der Waals surface area (Å²) in [6, 6.07) is 13.7. The largest absolute Gasteiger partial charge is 0.467 e. The molecule has 0 radical (unpaired) electrons. The molecule has 0 N–H and O–H groups in total. The van der Waals surface area contributed by atoms with Crippen molar-refractivity contribution in [3.63, 3.8) is 0 Å². The highest BCUT2D eigenvalue weighted by atomic mass is 79.9. The number of hydrogen-bond donors (Lipinski definition) is 0. The molecule has 1 aliphatic heterocycles. The van der Waals surface area contributed by atoms with Crippen molar-refractivity contribution in [2.24, 2.45) is 0 Å². The lowest BCUT2D eigenvalue weighted by molar-refractivity contribution is 0.0595. The number of hydrogen-bond acceptors (Lipinski definition) is 4. The van der Waals surface area contributed by atoms with Crippen LogP contribution < -0.4 is 4.74 Å². The first-order chi connectivity index (χ1) is 12.6. The van der Waals surface area contributed by atoms with Crippen molar-refractivity contribution in [3.05, 3.63) is 58.1 Å². The van der Waals surface area contributed by atoms with E-state index in [1.54, 1.807) is 11.3 Å². The van der Waals surface area contributed by atoms with Crippen molar-refractivity contribution in [2.45, 2.75) is 25.9 Å².